The van der Waals surface area contributed by atoms with Gasteiger partial charge in [0.25, 0.3) is 0 Å². The number of aliphatic carboxylic acids is 1. The van der Waals surface area contributed by atoms with Gasteiger partial charge in [-0.2, -0.15) is 4.98 Å². The van der Waals surface area contributed by atoms with Crippen LogP contribution in [0.5, 0.6) is 0 Å². The molecule has 2 rings (SSSR count). The fourth-order valence-corrected chi connectivity index (χ4v) is 2.95. The van der Waals surface area contributed by atoms with Crippen LogP contribution in [-0.4, -0.2) is 46.8 Å². The van der Waals surface area contributed by atoms with Gasteiger partial charge in [-0.3, -0.25) is 4.79 Å². The number of hydrogen-bond donors (Lipinski definition) is 1. The Morgan fingerprint density at radius 3 is 2.52 bits per heavy atom. The molecule has 0 saturated heterocycles. The summed E-state index contributed by atoms with van der Waals surface area (Å²) in [4.78, 5) is 18.2. The van der Waals surface area contributed by atoms with Gasteiger partial charge in [0, 0.05) is 19.4 Å². The molecule has 0 amide bonds. The number of hydrogen-bond acceptors (Lipinski definition) is 5. The lowest BCUT2D eigenvalue weighted by molar-refractivity contribution is -0.150. The van der Waals surface area contributed by atoms with Crippen LogP contribution in [0.25, 0.3) is 0 Å². The van der Waals surface area contributed by atoms with Crippen molar-refractivity contribution < 1.29 is 14.4 Å². The van der Waals surface area contributed by atoms with Crippen LogP contribution in [-0.2, 0) is 17.6 Å². The Labute approximate surface area is 125 Å². The van der Waals surface area contributed by atoms with E-state index in [4.69, 9.17) is 4.52 Å². The van der Waals surface area contributed by atoms with Crippen molar-refractivity contribution in [2.24, 2.45) is 5.41 Å². The Morgan fingerprint density at radius 1 is 1.29 bits per heavy atom. The molecule has 21 heavy (non-hydrogen) atoms. The molecule has 0 radical (unpaired) electrons. The molecule has 0 aromatic carbocycles. The standard InChI is InChI=1S/C15H25N3O3/c1-18(2)10-7-12-16-13(21-17-12)11-15(14(19)20)8-5-3-4-6-9-15/h3-11H2,1-2H3,(H,19,20). The molecular weight excluding hydrogens is 270 g/mol. The van der Waals surface area contributed by atoms with E-state index in [0.29, 0.717) is 31.0 Å². The van der Waals surface area contributed by atoms with Crippen LogP contribution in [0.4, 0.5) is 0 Å². The van der Waals surface area contributed by atoms with E-state index in [-0.39, 0.29) is 0 Å². The highest BCUT2D eigenvalue weighted by molar-refractivity contribution is 5.74. The monoisotopic (exact) mass is 295 g/mol. The molecule has 6 nitrogen and oxygen atoms in total. The Balaban J connectivity index is 2.05. The van der Waals surface area contributed by atoms with Crippen LogP contribution in [0.1, 0.15) is 50.2 Å². The predicted molar refractivity (Wildman–Crippen MR) is 78.0 cm³/mol. The van der Waals surface area contributed by atoms with E-state index in [1.54, 1.807) is 0 Å². The molecule has 0 spiro atoms. The largest absolute Gasteiger partial charge is 0.481 e. The second-order valence-electron chi connectivity index (χ2n) is 6.33. The first kappa shape index (κ1) is 15.9. The first-order chi connectivity index (χ1) is 10.0. The van der Waals surface area contributed by atoms with Crippen molar-refractivity contribution in [3.63, 3.8) is 0 Å². The lowest BCUT2D eigenvalue weighted by Crippen LogP contribution is -2.33. The molecule has 0 atom stereocenters. The van der Waals surface area contributed by atoms with Gasteiger partial charge in [-0.1, -0.05) is 30.8 Å². The van der Waals surface area contributed by atoms with Crippen LogP contribution < -0.4 is 0 Å². The molecule has 0 bridgehead atoms. The van der Waals surface area contributed by atoms with E-state index < -0.39 is 11.4 Å². The highest BCUT2D eigenvalue weighted by Gasteiger charge is 2.40. The second-order valence-corrected chi connectivity index (χ2v) is 6.33. The van der Waals surface area contributed by atoms with Crippen molar-refractivity contribution in [1.29, 1.82) is 0 Å². The van der Waals surface area contributed by atoms with Gasteiger partial charge in [0.05, 0.1) is 5.41 Å². The maximum Gasteiger partial charge on any atom is 0.310 e. The van der Waals surface area contributed by atoms with E-state index in [2.05, 4.69) is 15.0 Å². The van der Waals surface area contributed by atoms with Crippen molar-refractivity contribution in [1.82, 2.24) is 15.0 Å². The third-order valence-electron chi connectivity index (χ3n) is 4.30. The molecule has 0 aliphatic heterocycles. The van der Waals surface area contributed by atoms with Gasteiger partial charge >= 0.3 is 5.97 Å². The lowest BCUT2D eigenvalue weighted by Gasteiger charge is -2.26. The molecule has 1 fully saturated rings. The number of carbonyl (C=O) groups is 1. The zero-order valence-corrected chi connectivity index (χ0v) is 13.0. The summed E-state index contributed by atoms with van der Waals surface area (Å²) in [6, 6.07) is 0. The quantitative estimate of drug-likeness (QED) is 0.810. The summed E-state index contributed by atoms with van der Waals surface area (Å²) in [5, 5.41) is 13.6. The summed E-state index contributed by atoms with van der Waals surface area (Å²) in [6.07, 6.45) is 6.66. The highest BCUT2D eigenvalue weighted by atomic mass is 16.5. The maximum absolute atomic E-state index is 11.8. The minimum absolute atomic E-state index is 0.358. The molecule has 118 valence electrons. The first-order valence-corrected chi connectivity index (χ1v) is 7.71. The maximum atomic E-state index is 11.8. The van der Waals surface area contributed by atoms with Crippen LogP contribution in [0.3, 0.4) is 0 Å². The Bertz CT molecular complexity index is 462. The van der Waals surface area contributed by atoms with Crippen molar-refractivity contribution in [2.75, 3.05) is 20.6 Å². The summed E-state index contributed by atoms with van der Waals surface area (Å²) in [5.74, 6) is 0.401. The van der Waals surface area contributed by atoms with Crippen molar-refractivity contribution in [3.8, 4) is 0 Å². The van der Waals surface area contributed by atoms with Gasteiger partial charge in [0.1, 0.15) is 0 Å². The zero-order valence-electron chi connectivity index (χ0n) is 13.0. The summed E-state index contributed by atoms with van der Waals surface area (Å²) in [7, 11) is 3.98. The molecule has 1 N–H and O–H groups in total. The van der Waals surface area contributed by atoms with Gasteiger partial charge in [-0.15, -0.1) is 0 Å². The molecule has 1 heterocycles. The first-order valence-electron chi connectivity index (χ1n) is 7.71. The summed E-state index contributed by atoms with van der Waals surface area (Å²) in [6.45, 7) is 0.850. The average Bonchev–Trinajstić information content (AvgIpc) is 2.72. The molecule has 1 aromatic rings. The third-order valence-corrected chi connectivity index (χ3v) is 4.30. The Morgan fingerprint density at radius 2 is 1.95 bits per heavy atom. The lowest BCUT2D eigenvalue weighted by atomic mass is 9.77. The number of carboxylic acids is 1. The van der Waals surface area contributed by atoms with E-state index >= 15 is 0 Å². The molecule has 6 heteroatoms. The number of carboxylic acid groups (broad SMARTS) is 1. The van der Waals surface area contributed by atoms with Crippen LogP contribution in [0.2, 0.25) is 0 Å². The molecule has 1 aliphatic rings. The van der Waals surface area contributed by atoms with Crippen molar-refractivity contribution in [3.05, 3.63) is 11.7 Å². The molecule has 0 unspecified atom stereocenters. The molecule has 1 aromatic heterocycles. The summed E-state index contributed by atoms with van der Waals surface area (Å²) in [5.41, 5.74) is -0.720. The number of rotatable bonds is 6. The number of aromatic nitrogens is 2. The van der Waals surface area contributed by atoms with Crippen molar-refractivity contribution >= 4 is 5.97 Å². The second kappa shape index (κ2) is 7.02. The average molecular weight is 295 g/mol. The Hall–Kier alpha value is -1.43. The topological polar surface area (TPSA) is 79.5 Å². The van der Waals surface area contributed by atoms with Crippen LogP contribution >= 0.6 is 0 Å². The van der Waals surface area contributed by atoms with Crippen molar-refractivity contribution in [2.45, 2.75) is 51.4 Å². The van der Waals surface area contributed by atoms with Gasteiger partial charge in [-0.25, -0.2) is 0 Å². The highest BCUT2D eigenvalue weighted by Crippen LogP contribution is 2.38. The zero-order chi connectivity index (χ0) is 15.3. The van der Waals surface area contributed by atoms with Gasteiger partial charge in [0.15, 0.2) is 5.82 Å². The van der Waals surface area contributed by atoms with Crippen LogP contribution in [0.15, 0.2) is 4.52 Å². The third kappa shape index (κ3) is 4.27. The molecule has 1 saturated carbocycles. The fraction of sp³-hybridized carbons (Fsp3) is 0.800. The summed E-state index contributed by atoms with van der Waals surface area (Å²) < 4.78 is 5.27. The molecule has 1 aliphatic carbocycles. The van der Waals surface area contributed by atoms with Gasteiger partial charge < -0.3 is 14.5 Å². The number of likely N-dealkylation sites (N-methyl/N-ethyl adjacent to an activating group) is 1. The number of nitrogens with zero attached hydrogens (tertiary/aromatic N) is 3. The Kier molecular flexibility index (Phi) is 5.33. The molecular formula is C15H25N3O3. The normalized spacial score (nSPS) is 18.6. The fourth-order valence-electron chi connectivity index (χ4n) is 2.95. The smallest absolute Gasteiger partial charge is 0.310 e. The van der Waals surface area contributed by atoms with E-state index in [1.165, 1.54) is 0 Å². The minimum atomic E-state index is -0.725. The predicted octanol–water partition coefficient (Wildman–Crippen LogP) is 2.14. The SMILES string of the molecule is CN(C)CCc1noc(CC2(C(=O)O)CCCCCC2)n1. The minimum Gasteiger partial charge on any atom is -0.481 e. The van der Waals surface area contributed by atoms with Gasteiger partial charge in [-0.05, 0) is 26.9 Å². The van der Waals surface area contributed by atoms with Gasteiger partial charge in [0.2, 0.25) is 5.89 Å². The van der Waals surface area contributed by atoms with Crippen LogP contribution in [0, 0.1) is 5.41 Å². The summed E-state index contributed by atoms with van der Waals surface area (Å²) >= 11 is 0. The van der Waals surface area contributed by atoms with E-state index in [1.807, 2.05) is 14.1 Å². The van der Waals surface area contributed by atoms with E-state index in [0.717, 1.165) is 38.6 Å². The van der Waals surface area contributed by atoms with E-state index in [9.17, 15) is 9.90 Å².